The van der Waals surface area contributed by atoms with Gasteiger partial charge in [0.05, 0.1) is 11.5 Å². The van der Waals surface area contributed by atoms with Crippen LogP contribution in [0, 0.1) is 5.92 Å². The fraction of sp³-hybridized carbons (Fsp3) is 0.381. The van der Waals surface area contributed by atoms with Gasteiger partial charge in [-0.15, -0.1) is 4.83 Å². The van der Waals surface area contributed by atoms with Gasteiger partial charge >= 0.3 is 0 Å². The van der Waals surface area contributed by atoms with E-state index in [1.165, 1.54) is 12.1 Å². The molecule has 0 aliphatic heterocycles. The topological polar surface area (TPSA) is 84.5 Å². The van der Waals surface area contributed by atoms with Crippen LogP contribution in [0.1, 0.15) is 56.0 Å². The summed E-state index contributed by atoms with van der Waals surface area (Å²) in [6.07, 6.45) is 0.947. The summed E-state index contributed by atoms with van der Waals surface area (Å²) in [7, 11) is -3.84. The van der Waals surface area contributed by atoms with E-state index in [1.807, 2.05) is 13.8 Å². The second kappa shape index (κ2) is 9.71. The van der Waals surface area contributed by atoms with E-state index >= 15 is 0 Å². The van der Waals surface area contributed by atoms with Crippen LogP contribution in [0.2, 0.25) is 0 Å². The number of benzene rings is 2. The molecule has 0 heterocycles. The average molecular weight is 405 g/mol. The molecule has 0 fully saturated rings. The standard InChI is InChI=1S/C21H28N2O4S/c1-15(2)13-14-27-19-9-5-18(6-10-19)21(24)22-23-28(25,26)20-11-7-17(8-12-20)16(3)4/h5-12,15-16,23H,13-14H2,1-4H3,(H,22,24). The zero-order valence-electron chi connectivity index (χ0n) is 16.7. The second-order valence-corrected chi connectivity index (χ2v) is 9.02. The predicted molar refractivity (Wildman–Crippen MR) is 110 cm³/mol. The van der Waals surface area contributed by atoms with Gasteiger partial charge in [-0.05, 0) is 60.2 Å². The Balaban J connectivity index is 1.93. The number of hydrogen-bond donors (Lipinski definition) is 2. The van der Waals surface area contributed by atoms with Crippen LogP contribution in [0.15, 0.2) is 53.4 Å². The first-order chi connectivity index (χ1) is 13.2. The van der Waals surface area contributed by atoms with Crippen molar-refractivity contribution in [3.8, 4) is 5.75 Å². The summed E-state index contributed by atoms with van der Waals surface area (Å²) < 4.78 is 30.3. The van der Waals surface area contributed by atoms with E-state index in [0.29, 0.717) is 29.8 Å². The summed E-state index contributed by atoms with van der Waals surface area (Å²) in [5, 5.41) is 0. The third-order valence-corrected chi connectivity index (χ3v) is 5.50. The van der Waals surface area contributed by atoms with Crippen LogP contribution >= 0.6 is 0 Å². The van der Waals surface area contributed by atoms with Crippen molar-refractivity contribution in [2.24, 2.45) is 5.92 Å². The van der Waals surface area contributed by atoms with Gasteiger partial charge in [-0.3, -0.25) is 10.2 Å². The molecule has 28 heavy (non-hydrogen) atoms. The predicted octanol–water partition coefficient (Wildman–Crippen LogP) is 3.86. The Kier molecular flexibility index (Phi) is 7.60. The lowest BCUT2D eigenvalue weighted by atomic mass is 10.0. The summed E-state index contributed by atoms with van der Waals surface area (Å²) in [5.41, 5.74) is 3.60. The quantitative estimate of drug-likeness (QED) is 0.622. The van der Waals surface area contributed by atoms with Crippen LogP contribution in [0.3, 0.4) is 0 Å². The first kappa shape index (κ1) is 21.9. The summed E-state index contributed by atoms with van der Waals surface area (Å²) >= 11 is 0. The average Bonchev–Trinajstić information content (AvgIpc) is 2.66. The number of hydrazine groups is 1. The molecule has 2 aromatic carbocycles. The summed E-state index contributed by atoms with van der Waals surface area (Å²) in [5.74, 6) is 0.987. The lowest BCUT2D eigenvalue weighted by Crippen LogP contribution is -2.41. The molecule has 2 N–H and O–H groups in total. The molecule has 0 unspecified atom stereocenters. The van der Waals surface area contributed by atoms with E-state index in [1.54, 1.807) is 36.4 Å². The molecule has 0 aliphatic rings. The summed E-state index contributed by atoms with van der Waals surface area (Å²) in [6, 6.07) is 13.1. The van der Waals surface area contributed by atoms with Gasteiger partial charge in [0.2, 0.25) is 0 Å². The minimum Gasteiger partial charge on any atom is -0.494 e. The number of hydrogen-bond acceptors (Lipinski definition) is 4. The number of carbonyl (C=O) groups excluding carboxylic acids is 1. The van der Waals surface area contributed by atoms with E-state index in [0.717, 1.165) is 12.0 Å². The van der Waals surface area contributed by atoms with Crippen LogP contribution in [0.5, 0.6) is 5.75 Å². The van der Waals surface area contributed by atoms with E-state index in [4.69, 9.17) is 4.74 Å². The van der Waals surface area contributed by atoms with Gasteiger partial charge in [0, 0.05) is 5.56 Å². The highest BCUT2D eigenvalue weighted by Gasteiger charge is 2.16. The lowest BCUT2D eigenvalue weighted by Gasteiger charge is -2.11. The van der Waals surface area contributed by atoms with Gasteiger partial charge in [-0.1, -0.05) is 39.8 Å². The fourth-order valence-electron chi connectivity index (χ4n) is 2.39. The highest BCUT2D eigenvalue weighted by Crippen LogP contribution is 2.17. The Hall–Kier alpha value is -2.38. The molecule has 2 rings (SSSR count). The number of ether oxygens (including phenoxy) is 1. The molecular formula is C21H28N2O4S. The van der Waals surface area contributed by atoms with Gasteiger partial charge in [0.25, 0.3) is 15.9 Å². The van der Waals surface area contributed by atoms with Gasteiger partial charge in [0.1, 0.15) is 5.75 Å². The Morgan fingerprint density at radius 3 is 2.11 bits per heavy atom. The van der Waals surface area contributed by atoms with Crippen LogP contribution in [0.25, 0.3) is 0 Å². The Morgan fingerprint density at radius 1 is 0.964 bits per heavy atom. The second-order valence-electron chi connectivity index (χ2n) is 7.34. The van der Waals surface area contributed by atoms with Crippen molar-refractivity contribution in [3.05, 3.63) is 59.7 Å². The molecule has 0 saturated heterocycles. The first-order valence-corrected chi connectivity index (χ1v) is 10.8. The highest BCUT2D eigenvalue weighted by atomic mass is 32.2. The minimum absolute atomic E-state index is 0.0890. The Morgan fingerprint density at radius 2 is 1.57 bits per heavy atom. The third kappa shape index (κ3) is 6.35. The SMILES string of the molecule is CC(C)CCOc1ccc(C(=O)NNS(=O)(=O)c2ccc(C(C)C)cc2)cc1. The smallest absolute Gasteiger partial charge is 0.266 e. The summed E-state index contributed by atoms with van der Waals surface area (Å²) in [6.45, 7) is 8.91. The van der Waals surface area contributed by atoms with E-state index in [9.17, 15) is 13.2 Å². The third-order valence-electron chi connectivity index (χ3n) is 4.24. The van der Waals surface area contributed by atoms with Gasteiger partial charge in [0.15, 0.2) is 0 Å². The molecule has 0 aliphatic carbocycles. The maximum absolute atomic E-state index is 12.3. The number of amides is 1. The molecule has 6 nitrogen and oxygen atoms in total. The minimum atomic E-state index is -3.84. The zero-order valence-corrected chi connectivity index (χ0v) is 17.5. The van der Waals surface area contributed by atoms with Crippen LogP contribution < -0.4 is 15.0 Å². The molecular weight excluding hydrogens is 376 g/mol. The van der Waals surface area contributed by atoms with Crippen molar-refractivity contribution in [2.45, 2.75) is 44.9 Å². The van der Waals surface area contributed by atoms with E-state index in [2.05, 4.69) is 24.1 Å². The highest BCUT2D eigenvalue weighted by molar-refractivity contribution is 7.89. The largest absolute Gasteiger partial charge is 0.494 e. The number of carbonyl (C=O) groups is 1. The van der Waals surface area contributed by atoms with Crippen LogP contribution in [0.4, 0.5) is 0 Å². The molecule has 1 amide bonds. The molecule has 0 bridgehead atoms. The number of rotatable bonds is 9. The molecule has 0 atom stereocenters. The van der Waals surface area contributed by atoms with Crippen molar-refractivity contribution in [2.75, 3.05) is 6.61 Å². The molecule has 152 valence electrons. The lowest BCUT2D eigenvalue weighted by molar-refractivity contribution is 0.0945. The van der Waals surface area contributed by atoms with Crippen molar-refractivity contribution in [1.29, 1.82) is 0 Å². The maximum Gasteiger partial charge on any atom is 0.266 e. The fourth-order valence-corrected chi connectivity index (χ4v) is 3.23. The van der Waals surface area contributed by atoms with E-state index in [-0.39, 0.29) is 4.90 Å². The normalized spacial score (nSPS) is 11.6. The molecule has 0 aromatic heterocycles. The molecule has 0 saturated carbocycles. The van der Waals surface area contributed by atoms with Crippen molar-refractivity contribution in [3.63, 3.8) is 0 Å². The number of nitrogens with one attached hydrogen (secondary N) is 2. The summed E-state index contributed by atoms with van der Waals surface area (Å²) in [4.78, 5) is 14.4. The van der Waals surface area contributed by atoms with E-state index < -0.39 is 15.9 Å². The van der Waals surface area contributed by atoms with Gasteiger partial charge in [-0.25, -0.2) is 8.42 Å². The zero-order chi connectivity index (χ0) is 20.7. The van der Waals surface area contributed by atoms with Crippen LogP contribution in [-0.2, 0) is 10.0 Å². The number of sulfonamides is 1. The molecule has 0 radical (unpaired) electrons. The van der Waals surface area contributed by atoms with Gasteiger partial charge < -0.3 is 4.74 Å². The Bertz CT molecular complexity index is 874. The maximum atomic E-state index is 12.3. The first-order valence-electron chi connectivity index (χ1n) is 9.34. The molecule has 7 heteroatoms. The monoisotopic (exact) mass is 404 g/mol. The van der Waals surface area contributed by atoms with Crippen molar-refractivity contribution < 1.29 is 17.9 Å². The molecule has 0 spiro atoms. The van der Waals surface area contributed by atoms with Crippen molar-refractivity contribution in [1.82, 2.24) is 10.3 Å². The Labute approximate surface area is 167 Å². The molecule has 2 aromatic rings. The van der Waals surface area contributed by atoms with Gasteiger partial charge in [-0.2, -0.15) is 0 Å². The van der Waals surface area contributed by atoms with Crippen molar-refractivity contribution >= 4 is 15.9 Å². The van der Waals surface area contributed by atoms with Crippen LogP contribution in [-0.4, -0.2) is 20.9 Å².